The molecule has 0 amide bonds. The highest BCUT2D eigenvalue weighted by Crippen LogP contribution is 2.55. The summed E-state index contributed by atoms with van der Waals surface area (Å²) < 4.78 is 17.2. The minimum absolute atomic E-state index is 0.0669. The summed E-state index contributed by atoms with van der Waals surface area (Å²) in [6.45, 7) is -1.68. The summed E-state index contributed by atoms with van der Waals surface area (Å²) in [7, 11) is 0. The molecule has 15 nitrogen and oxygen atoms in total. The number of carbonyl (C=O) groups is 1. The minimum atomic E-state index is -2.01. The van der Waals surface area contributed by atoms with Gasteiger partial charge >= 0.3 is 0 Å². The van der Waals surface area contributed by atoms with Crippen LogP contribution in [0.15, 0.2) is 24.3 Å². The number of hydrogen-bond acceptors (Lipinski definition) is 15. The van der Waals surface area contributed by atoms with Crippen LogP contribution in [0.3, 0.4) is 0 Å². The molecule has 0 radical (unpaired) electrons. The third kappa shape index (κ3) is 4.87. The smallest absolute Gasteiger partial charge is 0.174 e. The highest BCUT2D eigenvalue weighted by Gasteiger charge is 2.51. The second kappa shape index (κ2) is 11.5. The highest BCUT2D eigenvalue weighted by atomic mass is 16.6. The van der Waals surface area contributed by atoms with Gasteiger partial charge in [-0.2, -0.15) is 0 Å². The van der Waals surface area contributed by atoms with E-state index in [1.165, 1.54) is 24.3 Å². The van der Waals surface area contributed by atoms with Crippen molar-refractivity contribution in [2.24, 2.45) is 0 Å². The zero-order valence-corrected chi connectivity index (χ0v) is 21.8. The summed E-state index contributed by atoms with van der Waals surface area (Å²) in [5.41, 5.74) is -1.34. The van der Waals surface area contributed by atoms with E-state index in [4.69, 9.17) is 14.2 Å². The maximum absolute atomic E-state index is 13.5. The zero-order chi connectivity index (χ0) is 30.6. The van der Waals surface area contributed by atoms with Crippen molar-refractivity contribution in [1.82, 2.24) is 0 Å². The maximum atomic E-state index is 13.5. The summed E-state index contributed by atoms with van der Waals surface area (Å²) in [4.78, 5) is 13.5. The lowest BCUT2D eigenvalue weighted by Gasteiger charge is -2.43. The average Bonchev–Trinajstić information content (AvgIpc) is 2.97. The van der Waals surface area contributed by atoms with Gasteiger partial charge in [0.05, 0.1) is 30.8 Å². The normalized spacial score (nSPS) is 36.8. The number of aliphatic hydroxyl groups excluding tert-OH is 8. The molecule has 230 valence electrons. The van der Waals surface area contributed by atoms with Crippen LogP contribution in [0, 0.1) is 0 Å². The van der Waals surface area contributed by atoms with Gasteiger partial charge in [-0.3, -0.25) is 4.79 Å². The molecule has 2 aromatic rings. The van der Waals surface area contributed by atoms with Crippen LogP contribution < -0.4 is 4.74 Å². The molecule has 2 fully saturated rings. The van der Waals surface area contributed by atoms with Crippen LogP contribution in [0.25, 0.3) is 0 Å². The average molecular weight is 597 g/mol. The molecule has 3 heterocycles. The summed E-state index contributed by atoms with van der Waals surface area (Å²) in [6.07, 6.45) is -19.4. The summed E-state index contributed by atoms with van der Waals surface area (Å²) >= 11 is 0. The first-order chi connectivity index (χ1) is 19.9. The molecule has 0 unspecified atom stereocenters. The number of phenolic OH excluding ortho intramolecular Hbond substituents is 3. The van der Waals surface area contributed by atoms with Gasteiger partial charge in [0.2, 0.25) is 0 Å². The molecule has 0 saturated carbocycles. The van der Waals surface area contributed by atoms with Gasteiger partial charge in [0.25, 0.3) is 0 Å². The van der Waals surface area contributed by atoms with E-state index in [9.17, 15) is 61.0 Å². The number of aliphatic hydroxyl groups is 8. The lowest BCUT2D eigenvalue weighted by Crippen LogP contribution is -2.55. The molecule has 0 bridgehead atoms. The third-order valence-electron chi connectivity index (χ3n) is 8.00. The van der Waals surface area contributed by atoms with Crippen molar-refractivity contribution in [3.8, 4) is 23.0 Å². The van der Waals surface area contributed by atoms with Gasteiger partial charge in [0.15, 0.2) is 5.78 Å². The van der Waals surface area contributed by atoms with Crippen molar-refractivity contribution < 1.29 is 75.2 Å². The van der Waals surface area contributed by atoms with E-state index in [2.05, 4.69) is 0 Å². The topological polar surface area (TPSA) is 267 Å². The van der Waals surface area contributed by atoms with E-state index in [1.807, 2.05) is 0 Å². The Balaban J connectivity index is 1.72. The fraction of sp³-hybridized carbons (Fsp3) is 0.519. The Morgan fingerprint density at radius 3 is 1.67 bits per heavy atom. The number of ether oxygens (including phenoxy) is 3. The molecule has 0 aliphatic carbocycles. The van der Waals surface area contributed by atoms with Crippen molar-refractivity contribution in [3.63, 3.8) is 0 Å². The van der Waals surface area contributed by atoms with Crippen molar-refractivity contribution in [1.29, 1.82) is 0 Å². The largest absolute Gasteiger partial charge is 0.508 e. The van der Waals surface area contributed by atoms with Gasteiger partial charge in [-0.25, -0.2) is 0 Å². The molecule has 0 aromatic heterocycles. The lowest BCUT2D eigenvalue weighted by molar-refractivity contribution is -0.234. The Labute approximate surface area is 237 Å². The zero-order valence-electron chi connectivity index (χ0n) is 21.8. The van der Waals surface area contributed by atoms with Gasteiger partial charge in [-0.05, 0) is 17.7 Å². The first-order valence-electron chi connectivity index (χ1n) is 13.1. The van der Waals surface area contributed by atoms with E-state index in [-0.39, 0.29) is 12.2 Å². The monoisotopic (exact) mass is 596 g/mol. The predicted octanol–water partition coefficient (Wildman–Crippen LogP) is -2.46. The van der Waals surface area contributed by atoms with Crippen molar-refractivity contribution in [2.75, 3.05) is 13.2 Å². The number of carbonyl (C=O) groups excluding carboxylic acids is 1. The molecular formula is C27H32O15. The van der Waals surface area contributed by atoms with E-state index < -0.39 is 120 Å². The predicted molar refractivity (Wildman–Crippen MR) is 136 cm³/mol. The molecule has 5 rings (SSSR count). The minimum Gasteiger partial charge on any atom is -0.508 e. The van der Waals surface area contributed by atoms with Crippen molar-refractivity contribution in [3.05, 3.63) is 46.5 Å². The molecule has 15 heteroatoms. The lowest BCUT2D eigenvalue weighted by atomic mass is 9.82. The molecule has 3 aliphatic rings. The highest BCUT2D eigenvalue weighted by molar-refractivity contribution is 6.04. The second-order valence-electron chi connectivity index (χ2n) is 10.6. The number of benzene rings is 2. The SMILES string of the molecule is O=C1C[C@@H](c2ccc(O)cc2)Oc2c1c(O)c([C@@H]1O[C@H](CO)[C@@H](O)[C@H](O)[C@H]1O)c(O)c2[C@@H]1O[C@H](CO)[C@@H](O)[C@H](O)[C@H]1O. The molecule has 11 N–H and O–H groups in total. The van der Waals surface area contributed by atoms with E-state index in [0.717, 1.165) is 0 Å². The van der Waals surface area contributed by atoms with Crippen LogP contribution in [0.2, 0.25) is 0 Å². The Morgan fingerprint density at radius 2 is 1.17 bits per heavy atom. The molecule has 2 aromatic carbocycles. The number of Topliss-reactive ketones (excluding diaryl/α,β-unsaturated/α-hetero) is 1. The third-order valence-corrected chi connectivity index (χ3v) is 8.00. The van der Waals surface area contributed by atoms with Crippen LogP contribution >= 0.6 is 0 Å². The first-order valence-corrected chi connectivity index (χ1v) is 13.1. The van der Waals surface area contributed by atoms with Crippen LogP contribution in [-0.2, 0) is 9.47 Å². The number of hydrogen-bond donors (Lipinski definition) is 11. The van der Waals surface area contributed by atoms with Gasteiger partial charge in [0, 0.05) is 0 Å². The van der Waals surface area contributed by atoms with Gasteiger partial charge in [-0.15, -0.1) is 0 Å². The molecular weight excluding hydrogens is 564 g/mol. The summed E-state index contributed by atoms with van der Waals surface area (Å²) in [5.74, 6) is -3.21. The standard InChI is InChI=1S/C27H32O15/c28-6-12-17(32)21(36)23(38)26(41-12)15-19(34)14-10(31)5-11(8-1-3-9(30)4-2-8)40-25(14)16(20(15)35)27-24(39)22(37)18(33)13(7-29)42-27/h1-4,11-13,17-18,21-24,26-30,32-39H,5-7H2/t11-,12+,13+,17+,18+,21-,22-,23+,24+,26-,27-/m0/s1. The summed E-state index contributed by atoms with van der Waals surface area (Å²) in [5, 5.41) is 115. The Morgan fingerprint density at radius 1 is 0.667 bits per heavy atom. The molecule has 0 spiro atoms. The second-order valence-corrected chi connectivity index (χ2v) is 10.6. The van der Waals surface area contributed by atoms with E-state index >= 15 is 0 Å². The van der Waals surface area contributed by atoms with E-state index in [0.29, 0.717) is 5.56 Å². The van der Waals surface area contributed by atoms with Crippen LogP contribution in [-0.4, -0.2) is 124 Å². The van der Waals surface area contributed by atoms with Crippen LogP contribution in [0.4, 0.5) is 0 Å². The molecule has 3 aliphatic heterocycles. The fourth-order valence-corrected chi connectivity index (χ4v) is 5.67. The van der Waals surface area contributed by atoms with Crippen molar-refractivity contribution >= 4 is 5.78 Å². The van der Waals surface area contributed by atoms with Gasteiger partial charge in [-0.1, -0.05) is 12.1 Å². The number of fused-ring (bicyclic) bond motifs is 1. The summed E-state index contributed by atoms with van der Waals surface area (Å²) in [6, 6.07) is 5.62. The maximum Gasteiger partial charge on any atom is 0.174 e. The molecule has 42 heavy (non-hydrogen) atoms. The van der Waals surface area contributed by atoms with E-state index in [1.54, 1.807) is 0 Å². The van der Waals surface area contributed by atoms with Gasteiger partial charge < -0.3 is 70.4 Å². The Hall–Kier alpha value is -3.09. The molecule has 2 saturated heterocycles. The Bertz CT molecular complexity index is 1310. The van der Waals surface area contributed by atoms with Crippen molar-refractivity contribution in [2.45, 2.75) is 73.6 Å². The van der Waals surface area contributed by atoms with Crippen LogP contribution in [0.1, 0.15) is 51.8 Å². The number of rotatable bonds is 5. The number of phenols is 3. The number of ketones is 1. The molecule has 11 atom stereocenters. The Kier molecular flexibility index (Phi) is 8.34. The van der Waals surface area contributed by atoms with Crippen LogP contribution in [0.5, 0.6) is 23.0 Å². The first kappa shape index (κ1) is 30.4. The number of aromatic hydroxyl groups is 3. The van der Waals surface area contributed by atoms with Gasteiger partial charge in [0.1, 0.15) is 95.7 Å². The quantitative estimate of drug-likeness (QED) is 0.171. The fourth-order valence-electron chi connectivity index (χ4n) is 5.67.